The molecule has 0 fully saturated rings. The number of anilines is 1. The SMILES string of the molecule is CCC(C)C(C)c1cc(-c2cc(C(C)CCCCCCC(C)I)c(C(N)=O)c3c2CCCN3)ccc1CC(C)(CC)CC. The van der Waals surface area contributed by atoms with Crippen LogP contribution in [0.4, 0.5) is 5.69 Å². The van der Waals surface area contributed by atoms with Gasteiger partial charge in [0.1, 0.15) is 0 Å². The van der Waals surface area contributed by atoms with Crippen molar-refractivity contribution in [3.8, 4) is 11.1 Å². The zero-order chi connectivity index (χ0) is 31.7. The number of hydrogen-bond donors (Lipinski definition) is 2. The number of benzene rings is 2. The van der Waals surface area contributed by atoms with Crippen molar-refractivity contribution in [2.75, 3.05) is 11.9 Å². The number of alkyl halides is 1. The summed E-state index contributed by atoms with van der Waals surface area (Å²) in [5, 5.41) is 3.63. The van der Waals surface area contributed by atoms with Gasteiger partial charge in [-0.25, -0.2) is 0 Å². The molecule has 1 aliphatic rings. The quantitative estimate of drug-likeness (QED) is 0.0980. The zero-order valence-corrected chi connectivity index (χ0v) is 30.8. The first-order valence-electron chi connectivity index (χ1n) is 17.5. The molecule has 1 amide bonds. The lowest BCUT2D eigenvalue weighted by Gasteiger charge is -2.31. The predicted molar refractivity (Wildman–Crippen MR) is 197 cm³/mol. The van der Waals surface area contributed by atoms with Crippen LogP contribution in [0.2, 0.25) is 0 Å². The van der Waals surface area contributed by atoms with Gasteiger partial charge in [0, 0.05) is 10.5 Å². The maximum atomic E-state index is 13.0. The Morgan fingerprint density at radius 1 is 0.977 bits per heavy atom. The largest absolute Gasteiger partial charge is 0.384 e. The van der Waals surface area contributed by atoms with Gasteiger partial charge in [-0.3, -0.25) is 4.79 Å². The molecule has 2 aromatic carbocycles. The van der Waals surface area contributed by atoms with Crippen LogP contribution < -0.4 is 11.1 Å². The number of nitrogens with two attached hydrogens (primary N) is 1. The van der Waals surface area contributed by atoms with Crippen LogP contribution in [0.15, 0.2) is 24.3 Å². The fraction of sp³-hybridized carbons (Fsp3) is 0.667. The summed E-state index contributed by atoms with van der Waals surface area (Å²) in [6, 6.07) is 9.65. The monoisotopic (exact) mass is 700 g/mol. The van der Waals surface area contributed by atoms with Gasteiger partial charge in [-0.2, -0.15) is 0 Å². The number of halogens is 1. The molecule has 1 aliphatic heterocycles. The molecule has 43 heavy (non-hydrogen) atoms. The van der Waals surface area contributed by atoms with E-state index < -0.39 is 0 Å². The number of rotatable bonds is 17. The zero-order valence-electron chi connectivity index (χ0n) is 28.7. The number of fused-ring (bicyclic) bond motifs is 1. The van der Waals surface area contributed by atoms with E-state index >= 15 is 0 Å². The van der Waals surface area contributed by atoms with Gasteiger partial charge in [-0.05, 0) is 94.7 Å². The molecular weight excluding hydrogens is 639 g/mol. The molecular formula is C39H61IN2O. The molecule has 3 nitrogen and oxygen atoms in total. The molecule has 4 atom stereocenters. The van der Waals surface area contributed by atoms with E-state index in [0.29, 0.717) is 17.3 Å². The third-order valence-corrected chi connectivity index (χ3v) is 11.5. The molecule has 0 saturated carbocycles. The van der Waals surface area contributed by atoms with Gasteiger partial charge in [-0.1, -0.05) is 141 Å². The number of nitrogens with one attached hydrogen (secondary N) is 1. The van der Waals surface area contributed by atoms with Crippen molar-refractivity contribution < 1.29 is 4.79 Å². The Hall–Kier alpha value is -1.56. The van der Waals surface area contributed by atoms with Crippen LogP contribution in [0.5, 0.6) is 0 Å². The van der Waals surface area contributed by atoms with Crippen LogP contribution in [0.3, 0.4) is 0 Å². The lowest BCUT2D eigenvalue weighted by molar-refractivity contribution is 0.0999. The van der Waals surface area contributed by atoms with E-state index in [9.17, 15) is 4.79 Å². The molecule has 1 heterocycles. The lowest BCUT2D eigenvalue weighted by atomic mass is 9.74. The molecule has 4 heteroatoms. The molecule has 2 aromatic rings. The summed E-state index contributed by atoms with van der Waals surface area (Å²) in [6.07, 6.45) is 14.1. The molecule has 0 spiro atoms. The molecule has 3 N–H and O–H groups in total. The van der Waals surface area contributed by atoms with Crippen LogP contribution in [0, 0.1) is 11.3 Å². The van der Waals surface area contributed by atoms with Gasteiger partial charge in [0.2, 0.25) is 0 Å². The van der Waals surface area contributed by atoms with E-state index in [4.69, 9.17) is 5.73 Å². The summed E-state index contributed by atoms with van der Waals surface area (Å²) in [5.41, 5.74) is 16.2. The van der Waals surface area contributed by atoms with Crippen LogP contribution in [-0.4, -0.2) is 16.4 Å². The molecule has 4 unspecified atom stereocenters. The fourth-order valence-electron chi connectivity index (χ4n) is 6.94. The van der Waals surface area contributed by atoms with Crippen LogP contribution in [-0.2, 0) is 12.8 Å². The number of carbonyl (C=O) groups is 1. The number of carbonyl (C=O) groups excluding carboxylic acids is 1. The standard InChI is InChI=1S/C39H61IN2O/c1-9-26(4)29(7)34-23-30(20-21-31(34)25-39(8,10-2)11-3)35-24-33(27(5)17-14-12-13-15-18-28(6)40)36(38(41)43)37-32(35)19-16-22-42-37/h20-21,23-24,26-29,42H,9-19,22,25H2,1-8H3,(H2,41,43). The van der Waals surface area contributed by atoms with Crippen molar-refractivity contribution in [3.63, 3.8) is 0 Å². The number of primary amides is 1. The van der Waals surface area contributed by atoms with Crippen molar-refractivity contribution in [1.29, 1.82) is 0 Å². The molecule has 240 valence electrons. The first-order chi connectivity index (χ1) is 20.5. The van der Waals surface area contributed by atoms with E-state index in [-0.39, 0.29) is 11.8 Å². The Labute approximate surface area is 278 Å². The Morgan fingerprint density at radius 2 is 1.65 bits per heavy atom. The summed E-state index contributed by atoms with van der Waals surface area (Å²) in [6.45, 7) is 19.7. The molecule has 0 aliphatic carbocycles. The van der Waals surface area contributed by atoms with E-state index in [1.807, 2.05) is 0 Å². The minimum absolute atomic E-state index is 0.284. The van der Waals surface area contributed by atoms with Crippen LogP contribution in [0.25, 0.3) is 11.1 Å². The number of unbranched alkanes of at least 4 members (excludes halogenated alkanes) is 3. The molecule has 0 aromatic heterocycles. The minimum atomic E-state index is -0.296. The second-order valence-electron chi connectivity index (χ2n) is 14.1. The van der Waals surface area contributed by atoms with Gasteiger partial charge in [0.15, 0.2) is 0 Å². The van der Waals surface area contributed by atoms with Gasteiger partial charge >= 0.3 is 0 Å². The first kappa shape index (κ1) is 35.9. The fourth-order valence-corrected chi connectivity index (χ4v) is 7.38. The van der Waals surface area contributed by atoms with Crippen LogP contribution >= 0.6 is 22.6 Å². The Balaban J connectivity index is 2.08. The Bertz CT molecular complexity index is 1200. The predicted octanol–water partition coefficient (Wildman–Crippen LogP) is 11.6. The maximum Gasteiger partial charge on any atom is 0.251 e. The molecule has 3 rings (SSSR count). The first-order valence-corrected chi connectivity index (χ1v) is 18.7. The third-order valence-electron chi connectivity index (χ3n) is 10.9. The highest BCUT2D eigenvalue weighted by Crippen LogP contribution is 2.43. The highest BCUT2D eigenvalue weighted by molar-refractivity contribution is 14.1. The molecule has 0 saturated heterocycles. The minimum Gasteiger partial charge on any atom is -0.384 e. The van der Waals surface area contributed by atoms with Gasteiger partial charge in [-0.15, -0.1) is 0 Å². The summed E-state index contributed by atoms with van der Waals surface area (Å²) in [7, 11) is 0. The van der Waals surface area contributed by atoms with E-state index in [2.05, 4.69) is 108 Å². The average molecular weight is 701 g/mol. The summed E-state index contributed by atoms with van der Waals surface area (Å²) < 4.78 is 0.752. The van der Waals surface area contributed by atoms with E-state index in [1.54, 1.807) is 0 Å². The Morgan fingerprint density at radius 3 is 2.26 bits per heavy atom. The van der Waals surface area contributed by atoms with Crippen molar-refractivity contribution in [1.82, 2.24) is 0 Å². The Kier molecular flexibility index (Phi) is 13.9. The average Bonchev–Trinajstić information content (AvgIpc) is 3.00. The summed E-state index contributed by atoms with van der Waals surface area (Å²) >= 11 is 2.53. The molecule has 0 bridgehead atoms. The summed E-state index contributed by atoms with van der Waals surface area (Å²) in [4.78, 5) is 13.0. The normalized spacial score (nSPS) is 16.2. The van der Waals surface area contributed by atoms with E-state index in [1.165, 1.54) is 79.2 Å². The van der Waals surface area contributed by atoms with Crippen LogP contribution in [0.1, 0.15) is 164 Å². The van der Waals surface area contributed by atoms with Crippen molar-refractivity contribution >= 4 is 34.2 Å². The van der Waals surface area contributed by atoms with Crippen molar-refractivity contribution in [2.24, 2.45) is 17.1 Å². The van der Waals surface area contributed by atoms with Crippen molar-refractivity contribution in [3.05, 3.63) is 52.1 Å². The van der Waals surface area contributed by atoms with Crippen molar-refractivity contribution in [2.45, 2.75) is 148 Å². The lowest BCUT2D eigenvalue weighted by Crippen LogP contribution is -2.23. The highest BCUT2D eigenvalue weighted by atomic mass is 127. The van der Waals surface area contributed by atoms with Gasteiger partial charge in [0.25, 0.3) is 5.91 Å². The van der Waals surface area contributed by atoms with Gasteiger partial charge < -0.3 is 11.1 Å². The highest BCUT2D eigenvalue weighted by Gasteiger charge is 2.28. The topological polar surface area (TPSA) is 55.1 Å². The second-order valence-corrected chi connectivity index (χ2v) is 16.2. The molecule has 0 radical (unpaired) electrons. The van der Waals surface area contributed by atoms with Gasteiger partial charge in [0.05, 0.1) is 11.3 Å². The maximum absolute atomic E-state index is 13.0. The number of hydrogen-bond acceptors (Lipinski definition) is 2. The van der Waals surface area contributed by atoms with E-state index in [0.717, 1.165) is 53.0 Å². The summed E-state index contributed by atoms with van der Waals surface area (Å²) in [5.74, 6) is 1.10. The third kappa shape index (κ3) is 9.23. The number of amides is 1. The smallest absolute Gasteiger partial charge is 0.251 e. The second kappa shape index (κ2) is 16.7.